The van der Waals surface area contributed by atoms with Crippen molar-refractivity contribution < 1.29 is 5.11 Å². The van der Waals surface area contributed by atoms with E-state index in [4.69, 9.17) is 16.7 Å². The zero-order chi connectivity index (χ0) is 8.81. The normalized spacial score (nSPS) is 12.8. The smallest absolute Gasteiger partial charge is 0.0710 e. The highest BCUT2D eigenvalue weighted by atomic mass is 35.5. The van der Waals surface area contributed by atoms with Crippen molar-refractivity contribution in [2.75, 3.05) is 5.88 Å². The maximum Gasteiger partial charge on any atom is 0.0710 e. The number of benzene rings is 1. The van der Waals surface area contributed by atoms with Crippen LogP contribution in [-0.4, -0.2) is 17.1 Å². The molecule has 0 unspecified atom stereocenters. The summed E-state index contributed by atoms with van der Waals surface area (Å²) in [6.45, 7) is 0. The molecule has 0 saturated heterocycles. The Labute approximate surface area is 78.0 Å². The summed E-state index contributed by atoms with van der Waals surface area (Å²) in [5, 5.41) is 9.13. The summed E-state index contributed by atoms with van der Waals surface area (Å²) < 4.78 is 0. The van der Waals surface area contributed by atoms with Crippen molar-refractivity contribution in [2.45, 2.75) is 12.5 Å². The van der Waals surface area contributed by atoms with Crippen LogP contribution in [-0.2, 0) is 6.42 Å². The van der Waals surface area contributed by atoms with Gasteiger partial charge >= 0.3 is 0 Å². The molecule has 0 aliphatic heterocycles. The third-order valence-electron chi connectivity index (χ3n) is 1.63. The molecule has 0 fully saturated rings. The highest BCUT2D eigenvalue weighted by Crippen LogP contribution is 2.04. The number of hydrogen-bond donors (Lipinski definition) is 1. The van der Waals surface area contributed by atoms with Crippen LogP contribution in [0.4, 0.5) is 0 Å². The Kier molecular flexibility index (Phi) is 4.12. The molecule has 1 aromatic rings. The van der Waals surface area contributed by atoms with Gasteiger partial charge < -0.3 is 5.11 Å². The van der Waals surface area contributed by atoms with Crippen molar-refractivity contribution in [3.8, 4) is 0 Å². The van der Waals surface area contributed by atoms with Gasteiger partial charge in [-0.15, -0.1) is 11.6 Å². The third kappa shape index (κ3) is 3.24. The molecule has 1 rings (SSSR count). The van der Waals surface area contributed by atoms with E-state index in [2.05, 4.69) is 0 Å². The first-order chi connectivity index (χ1) is 5.83. The molecule has 1 aromatic carbocycles. The largest absolute Gasteiger partial charge is 0.392 e. The Morgan fingerprint density at radius 3 is 2.58 bits per heavy atom. The van der Waals surface area contributed by atoms with Gasteiger partial charge in [-0.2, -0.15) is 0 Å². The first-order valence-corrected chi connectivity index (χ1v) is 4.47. The molecule has 0 heterocycles. The second kappa shape index (κ2) is 5.18. The second-order valence-electron chi connectivity index (χ2n) is 2.65. The summed E-state index contributed by atoms with van der Waals surface area (Å²) in [6.07, 6.45) is 2.09. The summed E-state index contributed by atoms with van der Waals surface area (Å²) in [5.41, 5.74) is 1.20. The van der Waals surface area contributed by atoms with E-state index in [0.717, 1.165) is 6.42 Å². The number of alkyl halides is 1. The van der Waals surface area contributed by atoms with Gasteiger partial charge in [0.15, 0.2) is 0 Å². The van der Waals surface area contributed by atoms with Crippen molar-refractivity contribution in [1.29, 1.82) is 0 Å². The Bertz CT molecular complexity index is 210. The van der Waals surface area contributed by atoms with Crippen LogP contribution in [0, 0.1) is 6.42 Å². The quantitative estimate of drug-likeness (QED) is 0.709. The first kappa shape index (κ1) is 9.56. The Morgan fingerprint density at radius 2 is 2.00 bits per heavy atom. The average molecular weight is 184 g/mol. The lowest BCUT2D eigenvalue weighted by molar-refractivity contribution is 0.228. The topological polar surface area (TPSA) is 20.2 Å². The van der Waals surface area contributed by atoms with E-state index in [0.29, 0.717) is 0 Å². The molecular weight excluding hydrogens is 172 g/mol. The third-order valence-corrected chi connectivity index (χ3v) is 1.94. The molecule has 0 amide bonds. The summed E-state index contributed by atoms with van der Waals surface area (Å²) in [7, 11) is 0. The van der Waals surface area contributed by atoms with Crippen LogP contribution in [0.25, 0.3) is 0 Å². The summed E-state index contributed by atoms with van der Waals surface area (Å²) in [6, 6.07) is 9.99. The zero-order valence-corrected chi connectivity index (χ0v) is 7.54. The lowest BCUT2D eigenvalue weighted by Crippen LogP contribution is -2.10. The molecule has 0 aliphatic rings. The summed E-state index contributed by atoms with van der Waals surface area (Å²) in [4.78, 5) is 0. The Balaban J connectivity index is 2.33. The maximum absolute atomic E-state index is 9.13. The molecule has 0 saturated carbocycles. The lowest BCUT2D eigenvalue weighted by atomic mass is 10.1. The van der Waals surface area contributed by atoms with Crippen molar-refractivity contribution in [1.82, 2.24) is 0 Å². The monoisotopic (exact) mass is 183 g/mol. The van der Waals surface area contributed by atoms with E-state index in [-0.39, 0.29) is 5.88 Å². The molecule has 0 spiro atoms. The molecule has 1 radical (unpaired) electrons. The number of aliphatic hydroxyl groups excluding tert-OH is 1. The molecule has 2 heteroatoms. The van der Waals surface area contributed by atoms with Crippen molar-refractivity contribution in [3.05, 3.63) is 42.3 Å². The minimum absolute atomic E-state index is 0.271. The van der Waals surface area contributed by atoms with Crippen LogP contribution >= 0.6 is 11.6 Å². The molecule has 12 heavy (non-hydrogen) atoms. The van der Waals surface area contributed by atoms with E-state index < -0.39 is 6.10 Å². The van der Waals surface area contributed by atoms with Gasteiger partial charge in [0.05, 0.1) is 6.10 Å². The summed E-state index contributed by atoms with van der Waals surface area (Å²) in [5.74, 6) is 0.271. The van der Waals surface area contributed by atoms with E-state index in [1.807, 2.05) is 36.8 Å². The van der Waals surface area contributed by atoms with Crippen molar-refractivity contribution in [3.63, 3.8) is 0 Å². The number of hydrogen-bond acceptors (Lipinski definition) is 1. The van der Waals surface area contributed by atoms with Crippen LogP contribution < -0.4 is 0 Å². The van der Waals surface area contributed by atoms with Gasteiger partial charge in [0, 0.05) is 5.88 Å². The SMILES string of the molecule is O[C@@H]([CH]Cc1ccccc1)CCl. The van der Waals surface area contributed by atoms with Gasteiger partial charge in [0.2, 0.25) is 0 Å². The van der Waals surface area contributed by atoms with Gasteiger partial charge in [-0.3, -0.25) is 0 Å². The van der Waals surface area contributed by atoms with Crippen molar-refractivity contribution in [2.24, 2.45) is 0 Å². The van der Waals surface area contributed by atoms with Gasteiger partial charge in [0.1, 0.15) is 0 Å². The molecule has 1 N–H and O–H groups in total. The predicted octanol–water partition coefficient (Wildman–Crippen LogP) is 2.03. The number of aliphatic hydroxyl groups is 1. The van der Waals surface area contributed by atoms with Crippen LogP contribution in [0.3, 0.4) is 0 Å². The van der Waals surface area contributed by atoms with Gasteiger partial charge in [-0.05, 0) is 18.4 Å². The zero-order valence-electron chi connectivity index (χ0n) is 6.78. The molecule has 0 bridgehead atoms. The van der Waals surface area contributed by atoms with E-state index >= 15 is 0 Å². The minimum Gasteiger partial charge on any atom is -0.392 e. The molecule has 1 atom stereocenters. The van der Waals surface area contributed by atoms with E-state index in [1.165, 1.54) is 5.56 Å². The lowest BCUT2D eigenvalue weighted by Gasteiger charge is -2.04. The summed E-state index contributed by atoms with van der Waals surface area (Å²) >= 11 is 5.44. The molecular formula is C10H12ClO. The minimum atomic E-state index is -0.494. The number of rotatable bonds is 4. The molecule has 65 valence electrons. The highest BCUT2D eigenvalue weighted by molar-refractivity contribution is 6.18. The van der Waals surface area contributed by atoms with Gasteiger partial charge in [-0.25, -0.2) is 0 Å². The van der Waals surface area contributed by atoms with Gasteiger partial charge in [-0.1, -0.05) is 30.3 Å². The predicted molar refractivity (Wildman–Crippen MR) is 51.2 cm³/mol. The second-order valence-corrected chi connectivity index (χ2v) is 2.96. The van der Waals surface area contributed by atoms with E-state index in [1.54, 1.807) is 0 Å². The van der Waals surface area contributed by atoms with Gasteiger partial charge in [0.25, 0.3) is 0 Å². The van der Waals surface area contributed by atoms with Crippen LogP contribution in [0.15, 0.2) is 30.3 Å². The van der Waals surface area contributed by atoms with Crippen molar-refractivity contribution >= 4 is 11.6 Å². The van der Waals surface area contributed by atoms with Crippen LogP contribution in [0.1, 0.15) is 5.56 Å². The number of halogens is 1. The van der Waals surface area contributed by atoms with Crippen LogP contribution in [0.2, 0.25) is 0 Å². The maximum atomic E-state index is 9.13. The first-order valence-electron chi connectivity index (χ1n) is 3.94. The fourth-order valence-corrected chi connectivity index (χ4v) is 1.08. The molecule has 0 aliphatic carbocycles. The fourth-order valence-electron chi connectivity index (χ4n) is 0.949. The Hall–Kier alpha value is -0.530. The fraction of sp³-hybridized carbons (Fsp3) is 0.300. The molecule has 0 aromatic heterocycles. The highest BCUT2D eigenvalue weighted by Gasteiger charge is 2.01. The Morgan fingerprint density at radius 1 is 1.33 bits per heavy atom. The molecule has 1 nitrogen and oxygen atoms in total. The average Bonchev–Trinajstić information content (AvgIpc) is 2.16. The standard InChI is InChI=1S/C10H12ClO/c11-8-10(12)7-6-9-4-2-1-3-5-9/h1-5,7,10,12H,6,8H2/t10-/m0/s1. The van der Waals surface area contributed by atoms with E-state index in [9.17, 15) is 0 Å². The van der Waals surface area contributed by atoms with Crippen LogP contribution in [0.5, 0.6) is 0 Å².